The zero-order valence-corrected chi connectivity index (χ0v) is 20.5. The van der Waals surface area contributed by atoms with Crippen LogP contribution in [0.5, 0.6) is 0 Å². The summed E-state index contributed by atoms with van der Waals surface area (Å²) < 4.78 is 0. The molecule has 0 atom stereocenters. The zero-order chi connectivity index (χ0) is 21.9. The maximum atomic E-state index is 12.9. The predicted molar refractivity (Wildman–Crippen MR) is 141 cm³/mol. The number of hydrogen-bond donors (Lipinski definition) is 0. The van der Waals surface area contributed by atoms with Crippen LogP contribution in [0.4, 0.5) is 11.4 Å². The van der Waals surface area contributed by atoms with Crippen molar-refractivity contribution in [3.8, 4) is 0 Å². The molecule has 0 aromatic heterocycles. The number of piperazine rings is 1. The highest BCUT2D eigenvalue weighted by atomic mass is 35.5. The van der Waals surface area contributed by atoms with E-state index in [1.165, 1.54) is 24.9 Å². The van der Waals surface area contributed by atoms with E-state index < -0.39 is 0 Å². The van der Waals surface area contributed by atoms with Crippen molar-refractivity contribution >= 4 is 52.1 Å². The highest BCUT2D eigenvalue weighted by Crippen LogP contribution is 2.37. The normalized spacial score (nSPS) is 15.8. The van der Waals surface area contributed by atoms with Gasteiger partial charge in [0.05, 0.1) is 5.69 Å². The number of unbranched alkanes of at least 4 members (excludes halogenated alkanes) is 3. The minimum absolute atomic E-state index is 0. The number of benzene rings is 3. The van der Waals surface area contributed by atoms with E-state index in [-0.39, 0.29) is 18.3 Å². The average molecular weight is 484 g/mol. The molecule has 174 valence electrons. The van der Waals surface area contributed by atoms with E-state index in [1.54, 1.807) is 0 Å². The summed E-state index contributed by atoms with van der Waals surface area (Å²) in [6.07, 6.45) is 4.66. The summed E-state index contributed by atoms with van der Waals surface area (Å²) >= 11 is 6.14. The molecule has 1 amide bonds. The number of rotatable bonds is 8. The van der Waals surface area contributed by atoms with E-state index in [4.69, 9.17) is 11.6 Å². The fourth-order valence-electron chi connectivity index (χ4n) is 5.06. The third-order valence-corrected chi connectivity index (χ3v) is 7.04. The molecule has 2 heterocycles. The van der Waals surface area contributed by atoms with Crippen LogP contribution < -0.4 is 9.80 Å². The summed E-state index contributed by atoms with van der Waals surface area (Å²) in [5, 5.41) is 3.09. The number of amides is 1. The quantitative estimate of drug-likeness (QED) is 0.353. The van der Waals surface area contributed by atoms with Crippen molar-refractivity contribution in [1.29, 1.82) is 0 Å². The van der Waals surface area contributed by atoms with Crippen LogP contribution >= 0.6 is 24.0 Å². The Bertz CT molecular complexity index is 1110. The summed E-state index contributed by atoms with van der Waals surface area (Å²) in [7, 11) is 0. The van der Waals surface area contributed by atoms with Gasteiger partial charge in [-0.15, -0.1) is 12.4 Å². The van der Waals surface area contributed by atoms with E-state index in [2.05, 4.69) is 46.2 Å². The van der Waals surface area contributed by atoms with Crippen LogP contribution in [0.25, 0.3) is 10.8 Å². The van der Waals surface area contributed by atoms with Crippen molar-refractivity contribution in [2.45, 2.75) is 25.7 Å². The number of hydrogen-bond acceptors (Lipinski definition) is 3. The zero-order valence-electron chi connectivity index (χ0n) is 18.9. The average Bonchev–Trinajstić information content (AvgIpc) is 3.10. The summed E-state index contributed by atoms with van der Waals surface area (Å²) in [6.45, 7) is 6.31. The van der Waals surface area contributed by atoms with Gasteiger partial charge in [-0.2, -0.15) is 0 Å². The molecule has 0 aliphatic carbocycles. The molecule has 3 aromatic carbocycles. The first-order valence-corrected chi connectivity index (χ1v) is 12.1. The lowest BCUT2D eigenvalue weighted by molar-refractivity contribution is 0.0992. The molecule has 0 unspecified atom stereocenters. The van der Waals surface area contributed by atoms with E-state index in [0.717, 1.165) is 72.7 Å². The summed E-state index contributed by atoms with van der Waals surface area (Å²) in [6, 6.07) is 20.4. The van der Waals surface area contributed by atoms with Gasteiger partial charge in [0.15, 0.2) is 0 Å². The van der Waals surface area contributed by atoms with Crippen molar-refractivity contribution < 1.29 is 4.79 Å². The molecule has 33 heavy (non-hydrogen) atoms. The highest BCUT2D eigenvalue weighted by Gasteiger charge is 2.28. The third-order valence-electron chi connectivity index (χ3n) is 6.80. The van der Waals surface area contributed by atoms with Gasteiger partial charge in [0, 0.05) is 54.4 Å². The van der Waals surface area contributed by atoms with Crippen LogP contribution in [0, 0.1) is 0 Å². The maximum Gasteiger partial charge on any atom is 0.258 e. The standard InChI is InChI=1S/C27H30ClN3O.ClH/c28-22-10-7-11-23(20-22)30-18-16-29(17-19-30)14-3-1-2-4-15-31-25-13-6-9-21-8-5-12-24(26(21)25)27(31)32;/h5-13,20H,1-4,14-19H2;1H. The number of halogens is 2. The largest absolute Gasteiger partial charge is 0.369 e. The summed E-state index contributed by atoms with van der Waals surface area (Å²) in [4.78, 5) is 19.8. The van der Waals surface area contributed by atoms with Gasteiger partial charge in [0.1, 0.15) is 0 Å². The van der Waals surface area contributed by atoms with Crippen LogP contribution in [-0.4, -0.2) is 50.1 Å². The molecule has 3 aromatic rings. The molecule has 0 bridgehead atoms. The molecular weight excluding hydrogens is 453 g/mol. The van der Waals surface area contributed by atoms with E-state index in [9.17, 15) is 4.79 Å². The Morgan fingerprint density at radius 2 is 1.48 bits per heavy atom. The first-order valence-electron chi connectivity index (χ1n) is 11.8. The summed E-state index contributed by atoms with van der Waals surface area (Å²) in [5.74, 6) is 0.161. The monoisotopic (exact) mass is 483 g/mol. The smallest absolute Gasteiger partial charge is 0.258 e. The van der Waals surface area contributed by atoms with Crippen LogP contribution in [0.2, 0.25) is 5.02 Å². The fraction of sp³-hybridized carbons (Fsp3) is 0.370. The Hall–Kier alpha value is -2.27. The predicted octanol–water partition coefficient (Wildman–Crippen LogP) is 6.26. The first kappa shape index (κ1) is 23.9. The second-order valence-electron chi connectivity index (χ2n) is 8.86. The van der Waals surface area contributed by atoms with Crippen LogP contribution in [0.15, 0.2) is 60.7 Å². The van der Waals surface area contributed by atoms with Gasteiger partial charge in [0.2, 0.25) is 0 Å². The van der Waals surface area contributed by atoms with Gasteiger partial charge in [0.25, 0.3) is 5.91 Å². The second kappa shape index (κ2) is 10.8. The van der Waals surface area contributed by atoms with Gasteiger partial charge in [-0.05, 0) is 55.1 Å². The molecule has 1 saturated heterocycles. The Morgan fingerprint density at radius 3 is 2.24 bits per heavy atom. The number of anilines is 2. The fourth-order valence-corrected chi connectivity index (χ4v) is 5.25. The van der Waals surface area contributed by atoms with Crippen LogP contribution in [0.1, 0.15) is 36.0 Å². The number of nitrogens with zero attached hydrogens (tertiary/aromatic N) is 3. The molecular formula is C27H31Cl2N3O. The Labute approximate surface area is 207 Å². The Morgan fingerprint density at radius 1 is 0.788 bits per heavy atom. The van der Waals surface area contributed by atoms with Crippen LogP contribution in [0.3, 0.4) is 0 Å². The highest BCUT2D eigenvalue weighted by molar-refractivity contribution is 6.30. The van der Waals surface area contributed by atoms with Crippen molar-refractivity contribution in [2.24, 2.45) is 0 Å². The Kier molecular flexibility index (Phi) is 7.79. The van der Waals surface area contributed by atoms with E-state index >= 15 is 0 Å². The number of carbonyl (C=O) groups is 1. The second-order valence-corrected chi connectivity index (χ2v) is 9.30. The van der Waals surface area contributed by atoms with Gasteiger partial charge in [-0.1, -0.05) is 54.8 Å². The van der Waals surface area contributed by atoms with Crippen molar-refractivity contribution in [3.63, 3.8) is 0 Å². The van der Waals surface area contributed by atoms with Gasteiger partial charge < -0.3 is 9.80 Å². The van der Waals surface area contributed by atoms with Crippen molar-refractivity contribution in [1.82, 2.24) is 4.90 Å². The third kappa shape index (κ3) is 5.13. The topological polar surface area (TPSA) is 26.8 Å². The lowest BCUT2D eigenvalue weighted by Crippen LogP contribution is -2.46. The molecule has 5 rings (SSSR count). The SMILES string of the molecule is Cl.O=C1c2cccc3cccc(c23)N1CCCCCCN1CCN(c2cccc(Cl)c2)CC1. The first-order chi connectivity index (χ1) is 15.7. The van der Waals surface area contributed by atoms with E-state index in [1.807, 2.05) is 29.2 Å². The molecule has 2 aliphatic heterocycles. The minimum Gasteiger partial charge on any atom is -0.369 e. The summed E-state index contributed by atoms with van der Waals surface area (Å²) in [5.41, 5.74) is 3.17. The molecule has 0 radical (unpaired) electrons. The molecule has 1 fully saturated rings. The van der Waals surface area contributed by atoms with Crippen LogP contribution in [-0.2, 0) is 0 Å². The van der Waals surface area contributed by atoms with Gasteiger partial charge in [-0.3, -0.25) is 9.69 Å². The van der Waals surface area contributed by atoms with Gasteiger partial charge >= 0.3 is 0 Å². The molecule has 0 N–H and O–H groups in total. The molecule has 4 nitrogen and oxygen atoms in total. The molecule has 0 saturated carbocycles. The van der Waals surface area contributed by atoms with Gasteiger partial charge in [-0.25, -0.2) is 0 Å². The minimum atomic E-state index is 0. The van der Waals surface area contributed by atoms with E-state index in [0.29, 0.717) is 0 Å². The Balaban J connectivity index is 0.00000259. The lowest BCUT2D eigenvalue weighted by atomic mass is 10.1. The maximum absolute atomic E-state index is 12.9. The molecule has 0 spiro atoms. The molecule has 2 aliphatic rings. The number of carbonyl (C=O) groups excluding carboxylic acids is 1. The van der Waals surface area contributed by atoms with Crippen molar-refractivity contribution in [2.75, 3.05) is 49.1 Å². The van der Waals surface area contributed by atoms with Crippen molar-refractivity contribution in [3.05, 3.63) is 71.2 Å². The lowest BCUT2D eigenvalue weighted by Gasteiger charge is -2.36. The molecule has 6 heteroatoms.